The van der Waals surface area contributed by atoms with Gasteiger partial charge in [0.1, 0.15) is 34.9 Å². The van der Waals surface area contributed by atoms with Gasteiger partial charge in [-0.25, -0.2) is 19.9 Å². The summed E-state index contributed by atoms with van der Waals surface area (Å²) in [4.78, 5) is 51.2. The second kappa shape index (κ2) is 10.5. The molecule has 0 saturated heterocycles. The Labute approximate surface area is 259 Å². The molecule has 0 unspecified atom stereocenters. The molecule has 220 valence electrons. The molecule has 3 aromatic heterocycles. The lowest BCUT2D eigenvalue weighted by Gasteiger charge is -2.32. The number of nitriles is 1. The number of imide groups is 1. The van der Waals surface area contributed by atoms with E-state index in [1.807, 2.05) is 78.5 Å². The molecule has 0 fully saturated rings. The van der Waals surface area contributed by atoms with Crippen LogP contribution in [0.15, 0.2) is 91.0 Å². The molecule has 0 atom stereocenters. The third-order valence-corrected chi connectivity index (χ3v) is 8.16. The molecular weight excluding hydrogens is 566 g/mol. The number of carbonyl (C=O) groups is 2. The van der Waals surface area contributed by atoms with Crippen LogP contribution in [0.2, 0.25) is 0 Å². The van der Waals surface area contributed by atoms with Crippen LogP contribution in [0.4, 0.5) is 52.0 Å². The number of nitrogens with zero attached hydrogens (tertiary/aromatic N) is 9. The highest BCUT2D eigenvalue weighted by Gasteiger charge is 2.40. The number of hydrogen-bond acceptors (Lipinski definition) is 10. The quantitative estimate of drug-likeness (QED) is 0.217. The smallest absolute Gasteiger partial charge is 0.266 e. The molecule has 0 aliphatic carbocycles. The molecule has 45 heavy (non-hydrogen) atoms. The second-order valence-corrected chi connectivity index (χ2v) is 10.8. The highest BCUT2D eigenvalue weighted by atomic mass is 16.2. The Morgan fingerprint density at radius 2 is 0.889 bits per heavy atom. The van der Waals surface area contributed by atoms with E-state index in [0.717, 1.165) is 0 Å². The molecular formula is C34H27N9O2. The summed E-state index contributed by atoms with van der Waals surface area (Å²) in [7, 11) is 7.36. The minimum absolute atomic E-state index is 0.310. The molecule has 2 aromatic carbocycles. The van der Waals surface area contributed by atoms with Gasteiger partial charge in [-0.1, -0.05) is 30.3 Å². The number of hydrogen-bond donors (Lipinski definition) is 0. The van der Waals surface area contributed by atoms with Crippen molar-refractivity contribution in [2.75, 3.05) is 52.7 Å². The molecule has 8 bridgehead atoms. The van der Waals surface area contributed by atoms with E-state index in [9.17, 15) is 14.9 Å². The fraction of sp³-hybridized carbons (Fsp3) is 0.118. The first-order chi connectivity index (χ1) is 21.8. The van der Waals surface area contributed by atoms with Crippen molar-refractivity contribution in [1.82, 2.24) is 15.0 Å². The SMILES string of the molecule is CN1c2cccc(n2)N(C)c2cccc(n2)N(C)c2cc(C#N)cc(c2N2C(=O)c3ccccc3C2=O)N(C)c2cccc1n2. The third kappa shape index (κ3) is 4.39. The minimum Gasteiger partial charge on any atom is -0.328 e. The van der Waals surface area contributed by atoms with Gasteiger partial charge in [0, 0.05) is 28.2 Å². The number of aromatic nitrogens is 3. The lowest BCUT2D eigenvalue weighted by Crippen LogP contribution is -2.33. The van der Waals surface area contributed by atoms with Gasteiger partial charge in [-0.3, -0.25) is 9.59 Å². The number of rotatable bonds is 1. The Balaban J connectivity index is 1.53. The van der Waals surface area contributed by atoms with Gasteiger partial charge in [-0.15, -0.1) is 0 Å². The molecule has 11 nitrogen and oxygen atoms in total. The summed E-state index contributed by atoms with van der Waals surface area (Å²) in [6.07, 6.45) is 0. The van der Waals surface area contributed by atoms with E-state index >= 15 is 0 Å². The highest BCUT2D eigenvalue weighted by molar-refractivity contribution is 6.36. The number of pyridine rings is 3. The van der Waals surface area contributed by atoms with E-state index < -0.39 is 11.8 Å². The number of amides is 2. The van der Waals surface area contributed by atoms with Crippen molar-refractivity contribution >= 4 is 63.8 Å². The van der Waals surface area contributed by atoms with Crippen LogP contribution in [-0.2, 0) is 0 Å². The lowest BCUT2D eigenvalue weighted by atomic mass is 10.1. The van der Waals surface area contributed by atoms with Crippen molar-refractivity contribution in [1.29, 1.82) is 5.26 Å². The zero-order valence-electron chi connectivity index (χ0n) is 25.0. The van der Waals surface area contributed by atoms with Crippen molar-refractivity contribution in [2.24, 2.45) is 0 Å². The largest absolute Gasteiger partial charge is 0.328 e. The highest BCUT2D eigenvalue weighted by Crippen LogP contribution is 2.46. The van der Waals surface area contributed by atoms with Crippen molar-refractivity contribution in [3.8, 4) is 6.07 Å². The summed E-state index contributed by atoms with van der Waals surface area (Å²) in [5.74, 6) is 2.74. The number of anilines is 9. The van der Waals surface area contributed by atoms with Crippen molar-refractivity contribution in [3.05, 3.63) is 108 Å². The summed E-state index contributed by atoms with van der Waals surface area (Å²) in [6.45, 7) is 0. The summed E-state index contributed by atoms with van der Waals surface area (Å²) in [6, 6.07) is 29.3. The Morgan fingerprint density at radius 1 is 0.533 bits per heavy atom. The molecule has 7 rings (SSSR count). The van der Waals surface area contributed by atoms with Gasteiger partial charge >= 0.3 is 0 Å². The van der Waals surface area contributed by atoms with Gasteiger partial charge in [-0.2, -0.15) is 5.26 Å². The molecule has 5 aromatic rings. The topological polar surface area (TPSA) is 113 Å². The van der Waals surface area contributed by atoms with E-state index in [-0.39, 0.29) is 0 Å². The molecule has 2 aliphatic rings. The summed E-state index contributed by atoms with van der Waals surface area (Å²) in [5, 5.41) is 10.2. The van der Waals surface area contributed by atoms with Crippen molar-refractivity contribution < 1.29 is 9.59 Å². The van der Waals surface area contributed by atoms with Crippen molar-refractivity contribution in [2.45, 2.75) is 0 Å². The van der Waals surface area contributed by atoms with Crippen LogP contribution in [-0.4, -0.2) is 55.0 Å². The first-order valence-electron chi connectivity index (χ1n) is 14.2. The molecule has 2 aliphatic heterocycles. The Bertz CT molecular complexity index is 1940. The lowest BCUT2D eigenvalue weighted by molar-refractivity contribution is 0.0926. The monoisotopic (exact) mass is 593 g/mol. The summed E-state index contributed by atoms with van der Waals surface area (Å²) < 4.78 is 0. The zero-order chi connectivity index (χ0) is 31.4. The molecule has 5 heterocycles. The van der Waals surface area contributed by atoms with Crippen molar-refractivity contribution in [3.63, 3.8) is 0 Å². The Hall–Kier alpha value is -6.28. The summed E-state index contributed by atoms with van der Waals surface area (Å²) in [5.41, 5.74) is 2.16. The van der Waals surface area contributed by atoms with Gasteiger partial charge < -0.3 is 19.6 Å². The molecule has 0 radical (unpaired) electrons. The zero-order valence-corrected chi connectivity index (χ0v) is 25.0. The summed E-state index contributed by atoms with van der Waals surface area (Å²) >= 11 is 0. The predicted molar refractivity (Wildman–Crippen MR) is 174 cm³/mol. The average Bonchev–Trinajstić information content (AvgIpc) is 3.34. The number of benzene rings is 2. The van der Waals surface area contributed by atoms with Crippen LogP contribution in [0.25, 0.3) is 0 Å². The van der Waals surface area contributed by atoms with Crippen LogP contribution in [0, 0.1) is 11.3 Å². The van der Waals surface area contributed by atoms with E-state index in [1.54, 1.807) is 60.3 Å². The van der Waals surface area contributed by atoms with Gasteiger partial charge in [0.05, 0.1) is 39.8 Å². The van der Waals surface area contributed by atoms with Gasteiger partial charge in [0.25, 0.3) is 11.8 Å². The first-order valence-corrected chi connectivity index (χ1v) is 14.2. The molecule has 0 spiro atoms. The third-order valence-electron chi connectivity index (χ3n) is 8.16. The maximum Gasteiger partial charge on any atom is 0.266 e. The molecule has 11 heteroatoms. The van der Waals surface area contributed by atoms with Crippen LogP contribution >= 0.6 is 0 Å². The number of carbonyl (C=O) groups excluding carboxylic acids is 2. The second-order valence-electron chi connectivity index (χ2n) is 10.8. The van der Waals surface area contributed by atoms with Crippen LogP contribution in [0.3, 0.4) is 0 Å². The van der Waals surface area contributed by atoms with Crippen LogP contribution < -0.4 is 24.5 Å². The predicted octanol–water partition coefficient (Wildman–Crippen LogP) is 5.93. The van der Waals surface area contributed by atoms with Crippen LogP contribution in [0.5, 0.6) is 0 Å². The van der Waals surface area contributed by atoms with E-state index in [1.165, 1.54) is 4.90 Å². The average molecular weight is 594 g/mol. The Kier molecular flexibility index (Phi) is 6.41. The van der Waals surface area contributed by atoms with Crippen LogP contribution in [0.1, 0.15) is 26.3 Å². The molecule has 0 N–H and O–H groups in total. The van der Waals surface area contributed by atoms with Gasteiger partial charge in [-0.05, 0) is 60.7 Å². The van der Waals surface area contributed by atoms with E-state index in [0.29, 0.717) is 68.7 Å². The Morgan fingerprint density at radius 3 is 1.24 bits per heavy atom. The first kappa shape index (κ1) is 27.5. The van der Waals surface area contributed by atoms with E-state index in [2.05, 4.69) is 6.07 Å². The van der Waals surface area contributed by atoms with E-state index in [4.69, 9.17) is 15.0 Å². The van der Waals surface area contributed by atoms with Gasteiger partial charge in [0.15, 0.2) is 0 Å². The number of fused-ring (bicyclic) bond motifs is 9. The fourth-order valence-electron chi connectivity index (χ4n) is 5.64. The fourth-order valence-corrected chi connectivity index (χ4v) is 5.64. The maximum absolute atomic E-state index is 14.0. The normalized spacial score (nSPS) is 14.1. The van der Waals surface area contributed by atoms with Gasteiger partial charge in [0.2, 0.25) is 0 Å². The standard InChI is InChI=1S/C34H27N9O2/c1-39-24-18-21(20-35)19-25(32(24)43-33(44)22-10-5-6-11-23(22)34(43)45)40(2)27-13-8-15-29(37-27)42(4)31-17-9-16-30(38-31)41(3)28-14-7-12-26(39)36-28/h5-19H,1-4H3. The maximum atomic E-state index is 14.0. The minimum atomic E-state index is -0.452. The molecule has 2 amide bonds. The molecule has 0 saturated carbocycles.